The molecule has 0 saturated carbocycles. The Bertz CT molecular complexity index is 575. The second-order valence-corrected chi connectivity index (χ2v) is 8.58. The summed E-state index contributed by atoms with van der Waals surface area (Å²) in [6.45, 7) is 9.65. The lowest BCUT2D eigenvalue weighted by molar-refractivity contribution is 0.107. The van der Waals surface area contributed by atoms with Crippen molar-refractivity contribution in [3.8, 4) is 5.75 Å². The van der Waals surface area contributed by atoms with Gasteiger partial charge in [0.2, 0.25) is 0 Å². The number of nitrogens with one attached hydrogen (secondary N) is 2. The Balaban J connectivity index is 1.61. The molecule has 1 heterocycles. The van der Waals surface area contributed by atoms with Gasteiger partial charge in [-0.3, -0.25) is 0 Å². The van der Waals surface area contributed by atoms with Crippen LogP contribution in [0.4, 0.5) is 4.79 Å². The van der Waals surface area contributed by atoms with Gasteiger partial charge >= 0.3 is 6.03 Å². The van der Waals surface area contributed by atoms with Gasteiger partial charge in [-0.1, -0.05) is 32.9 Å². The maximum atomic E-state index is 11.9. The third-order valence-corrected chi connectivity index (χ3v) is 5.05. The minimum Gasteiger partial charge on any atom is -0.491 e. The molecule has 0 unspecified atom stereocenters. The summed E-state index contributed by atoms with van der Waals surface area (Å²) in [5.41, 5.74) is 1.33. The quantitative estimate of drug-likeness (QED) is 0.682. The Labute approximate surface area is 163 Å². The van der Waals surface area contributed by atoms with Crippen molar-refractivity contribution in [2.45, 2.75) is 45.1 Å². The summed E-state index contributed by atoms with van der Waals surface area (Å²) >= 11 is 0. The minimum absolute atomic E-state index is 0.100. The first-order chi connectivity index (χ1) is 12.7. The summed E-state index contributed by atoms with van der Waals surface area (Å²) in [4.78, 5) is 14.2. The van der Waals surface area contributed by atoms with Gasteiger partial charge in [-0.15, -0.1) is 0 Å². The topological polar surface area (TPSA) is 73.8 Å². The summed E-state index contributed by atoms with van der Waals surface area (Å²) in [6, 6.07) is 7.67. The molecule has 1 aliphatic heterocycles. The summed E-state index contributed by atoms with van der Waals surface area (Å²) in [7, 11) is 2.12. The van der Waals surface area contributed by atoms with Gasteiger partial charge in [-0.25, -0.2) is 4.79 Å². The summed E-state index contributed by atoms with van der Waals surface area (Å²) in [6.07, 6.45) is 1.48. The molecule has 6 nitrogen and oxygen atoms in total. The predicted octanol–water partition coefficient (Wildman–Crippen LogP) is 2.36. The average molecular weight is 378 g/mol. The van der Waals surface area contributed by atoms with Crippen LogP contribution in [0.3, 0.4) is 0 Å². The molecular weight excluding hydrogens is 342 g/mol. The van der Waals surface area contributed by atoms with Gasteiger partial charge in [-0.2, -0.15) is 0 Å². The highest BCUT2D eigenvalue weighted by atomic mass is 16.5. The number of urea groups is 1. The zero-order valence-corrected chi connectivity index (χ0v) is 17.1. The maximum absolute atomic E-state index is 11.9. The predicted molar refractivity (Wildman–Crippen MR) is 108 cm³/mol. The van der Waals surface area contributed by atoms with E-state index < -0.39 is 6.10 Å². The second-order valence-electron chi connectivity index (χ2n) is 8.58. The number of aliphatic hydroxyl groups is 1. The fourth-order valence-corrected chi connectivity index (χ4v) is 3.08. The molecule has 1 atom stereocenters. The van der Waals surface area contributed by atoms with Crippen molar-refractivity contribution in [3.05, 3.63) is 29.8 Å². The Kier molecular flexibility index (Phi) is 7.92. The van der Waals surface area contributed by atoms with E-state index in [9.17, 15) is 9.90 Å². The number of carbonyl (C=O) groups excluding carboxylic acids is 1. The van der Waals surface area contributed by atoms with Crippen LogP contribution in [-0.2, 0) is 5.41 Å². The van der Waals surface area contributed by atoms with Gasteiger partial charge < -0.3 is 25.4 Å². The zero-order chi connectivity index (χ0) is 19.9. The molecule has 3 N–H and O–H groups in total. The number of amides is 2. The summed E-state index contributed by atoms with van der Waals surface area (Å²) < 4.78 is 5.61. The Morgan fingerprint density at radius 2 is 1.85 bits per heavy atom. The van der Waals surface area contributed by atoms with Gasteiger partial charge in [0.1, 0.15) is 18.5 Å². The highest BCUT2D eigenvalue weighted by molar-refractivity contribution is 5.73. The third-order valence-electron chi connectivity index (χ3n) is 5.05. The standard InChI is InChI=1S/C21H35N3O3/c1-21(2,3)17-5-7-19(8-6-17)27-15-18(25)14-23-20(26)22-13-16-9-11-24(4)12-10-16/h5-8,16,18,25H,9-15H2,1-4H3,(H2,22,23,26)/t18-/m0/s1. The summed E-state index contributed by atoms with van der Waals surface area (Å²) in [5, 5.41) is 15.6. The lowest BCUT2D eigenvalue weighted by Crippen LogP contribution is -2.44. The van der Waals surface area contributed by atoms with Crippen LogP contribution in [0.1, 0.15) is 39.2 Å². The van der Waals surface area contributed by atoms with E-state index in [2.05, 4.69) is 43.4 Å². The largest absolute Gasteiger partial charge is 0.491 e. The van der Waals surface area contributed by atoms with Crippen molar-refractivity contribution in [1.82, 2.24) is 15.5 Å². The molecule has 2 rings (SSSR count). The number of carbonyl (C=O) groups is 1. The number of piperidine rings is 1. The molecule has 152 valence electrons. The van der Waals surface area contributed by atoms with Crippen molar-refractivity contribution in [2.75, 3.05) is 39.8 Å². The molecule has 1 aromatic carbocycles. The molecule has 0 bridgehead atoms. The Hall–Kier alpha value is -1.79. The number of nitrogens with zero attached hydrogens (tertiary/aromatic N) is 1. The lowest BCUT2D eigenvalue weighted by Gasteiger charge is -2.28. The van der Waals surface area contributed by atoms with Crippen LogP contribution in [0, 0.1) is 5.92 Å². The van der Waals surface area contributed by atoms with Gasteiger partial charge in [0.25, 0.3) is 0 Å². The first kappa shape index (κ1) is 21.5. The first-order valence-electron chi connectivity index (χ1n) is 9.85. The number of benzene rings is 1. The van der Waals surface area contributed by atoms with Crippen LogP contribution in [-0.4, -0.2) is 62.0 Å². The maximum Gasteiger partial charge on any atom is 0.314 e. The molecule has 0 aliphatic carbocycles. The number of hydrogen-bond donors (Lipinski definition) is 3. The van der Waals surface area contributed by atoms with Crippen LogP contribution in [0.5, 0.6) is 5.75 Å². The summed E-state index contributed by atoms with van der Waals surface area (Å²) in [5.74, 6) is 1.25. The van der Waals surface area contributed by atoms with Crippen LogP contribution < -0.4 is 15.4 Å². The molecule has 1 aliphatic rings. The second kappa shape index (κ2) is 9.95. The number of ether oxygens (including phenoxy) is 1. The molecule has 1 fully saturated rings. The minimum atomic E-state index is -0.749. The fraction of sp³-hybridized carbons (Fsp3) is 0.667. The van der Waals surface area contributed by atoms with Gasteiger partial charge in [0.15, 0.2) is 0 Å². The van der Waals surface area contributed by atoms with E-state index in [4.69, 9.17) is 4.74 Å². The van der Waals surface area contributed by atoms with Crippen LogP contribution in [0.2, 0.25) is 0 Å². The van der Waals surface area contributed by atoms with Crippen LogP contribution in [0.15, 0.2) is 24.3 Å². The van der Waals surface area contributed by atoms with Gasteiger partial charge in [0, 0.05) is 13.1 Å². The smallest absolute Gasteiger partial charge is 0.314 e. The van der Waals surface area contributed by atoms with Crippen molar-refractivity contribution in [2.24, 2.45) is 5.92 Å². The average Bonchev–Trinajstić information content (AvgIpc) is 2.64. The van der Waals surface area contributed by atoms with E-state index in [1.165, 1.54) is 5.56 Å². The molecule has 0 spiro atoms. The number of aliphatic hydroxyl groups excluding tert-OH is 1. The molecule has 0 radical (unpaired) electrons. The van der Waals surface area contributed by atoms with E-state index in [0.717, 1.165) is 25.9 Å². The highest BCUT2D eigenvalue weighted by Crippen LogP contribution is 2.24. The van der Waals surface area contributed by atoms with Crippen LogP contribution in [0.25, 0.3) is 0 Å². The third kappa shape index (κ3) is 7.77. The van der Waals surface area contributed by atoms with E-state index in [0.29, 0.717) is 18.2 Å². The zero-order valence-electron chi connectivity index (χ0n) is 17.1. The SMILES string of the molecule is CN1CCC(CNC(=O)NC[C@H](O)COc2ccc(C(C)(C)C)cc2)CC1. The molecule has 27 heavy (non-hydrogen) atoms. The monoisotopic (exact) mass is 377 g/mol. The van der Waals surface area contributed by atoms with Crippen molar-refractivity contribution >= 4 is 6.03 Å². The lowest BCUT2D eigenvalue weighted by atomic mass is 9.87. The molecule has 1 aromatic rings. The molecule has 1 saturated heterocycles. The first-order valence-corrected chi connectivity index (χ1v) is 9.85. The Morgan fingerprint density at radius 1 is 1.22 bits per heavy atom. The van der Waals surface area contributed by atoms with E-state index in [-0.39, 0.29) is 24.6 Å². The number of likely N-dealkylation sites (tertiary alicyclic amines) is 1. The van der Waals surface area contributed by atoms with Crippen molar-refractivity contribution < 1.29 is 14.6 Å². The van der Waals surface area contributed by atoms with E-state index in [1.54, 1.807) is 0 Å². The van der Waals surface area contributed by atoms with E-state index >= 15 is 0 Å². The number of hydrogen-bond acceptors (Lipinski definition) is 4. The molecule has 6 heteroatoms. The number of rotatable bonds is 7. The molecule has 2 amide bonds. The normalized spacial score (nSPS) is 17.4. The van der Waals surface area contributed by atoms with Crippen molar-refractivity contribution in [3.63, 3.8) is 0 Å². The fourth-order valence-electron chi connectivity index (χ4n) is 3.08. The highest BCUT2D eigenvalue weighted by Gasteiger charge is 2.17. The Morgan fingerprint density at radius 3 is 2.44 bits per heavy atom. The molecular formula is C21H35N3O3. The van der Waals surface area contributed by atoms with E-state index in [1.807, 2.05) is 24.3 Å². The van der Waals surface area contributed by atoms with Crippen molar-refractivity contribution in [1.29, 1.82) is 0 Å². The van der Waals surface area contributed by atoms with Gasteiger partial charge in [-0.05, 0) is 62.0 Å². The van der Waals surface area contributed by atoms with Gasteiger partial charge in [0.05, 0.1) is 0 Å². The van der Waals surface area contributed by atoms with Crippen LogP contribution >= 0.6 is 0 Å². The molecule has 0 aromatic heterocycles.